The van der Waals surface area contributed by atoms with Gasteiger partial charge in [0.05, 0.1) is 12.2 Å². The predicted molar refractivity (Wildman–Crippen MR) is 79.8 cm³/mol. The monoisotopic (exact) mass is 254 g/mol. The summed E-state index contributed by atoms with van der Waals surface area (Å²) in [6.45, 7) is 13.9. The minimum atomic E-state index is 0.382. The summed E-state index contributed by atoms with van der Waals surface area (Å²) in [7, 11) is 0. The first kappa shape index (κ1) is 16.0. The molecule has 1 fully saturated rings. The Morgan fingerprint density at radius 1 is 1.06 bits per heavy atom. The van der Waals surface area contributed by atoms with Gasteiger partial charge in [0.15, 0.2) is 0 Å². The van der Waals surface area contributed by atoms with Crippen molar-refractivity contribution >= 4 is 0 Å². The van der Waals surface area contributed by atoms with Crippen LogP contribution in [0.3, 0.4) is 0 Å². The van der Waals surface area contributed by atoms with E-state index in [0.29, 0.717) is 17.6 Å². The normalized spacial score (nSPS) is 29.0. The van der Waals surface area contributed by atoms with Gasteiger partial charge in [-0.05, 0) is 56.3 Å². The van der Waals surface area contributed by atoms with Crippen molar-refractivity contribution in [3.05, 3.63) is 0 Å². The first-order chi connectivity index (χ1) is 8.31. The third-order valence-electron chi connectivity index (χ3n) is 4.49. The SMILES string of the molecule is CCC(C)C1CCC(OC(C)CC(C)(C)C)CC1. The highest BCUT2D eigenvalue weighted by atomic mass is 16.5. The molecule has 0 heterocycles. The molecule has 0 radical (unpaired) electrons. The summed E-state index contributed by atoms with van der Waals surface area (Å²) in [5.41, 5.74) is 0.382. The van der Waals surface area contributed by atoms with Gasteiger partial charge in [-0.3, -0.25) is 0 Å². The van der Waals surface area contributed by atoms with Crippen molar-refractivity contribution in [3.8, 4) is 0 Å². The van der Waals surface area contributed by atoms with Gasteiger partial charge >= 0.3 is 0 Å². The Morgan fingerprint density at radius 3 is 2.06 bits per heavy atom. The third-order valence-corrected chi connectivity index (χ3v) is 4.49. The molecule has 18 heavy (non-hydrogen) atoms. The molecule has 0 aromatic carbocycles. The molecule has 1 rings (SSSR count). The molecule has 1 nitrogen and oxygen atoms in total. The lowest BCUT2D eigenvalue weighted by molar-refractivity contribution is -0.0460. The van der Waals surface area contributed by atoms with Crippen molar-refractivity contribution in [2.75, 3.05) is 0 Å². The first-order valence-corrected chi connectivity index (χ1v) is 7.97. The molecule has 0 spiro atoms. The molecular formula is C17H34O. The second kappa shape index (κ2) is 6.93. The van der Waals surface area contributed by atoms with Crippen LogP contribution in [0.25, 0.3) is 0 Å². The zero-order valence-electron chi connectivity index (χ0n) is 13.5. The zero-order chi connectivity index (χ0) is 13.8. The van der Waals surface area contributed by atoms with Gasteiger partial charge in [-0.2, -0.15) is 0 Å². The van der Waals surface area contributed by atoms with E-state index in [2.05, 4.69) is 41.5 Å². The van der Waals surface area contributed by atoms with E-state index in [4.69, 9.17) is 4.74 Å². The molecule has 1 aliphatic rings. The van der Waals surface area contributed by atoms with Crippen molar-refractivity contribution in [1.82, 2.24) is 0 Å². The van der Waals surface area contributed by atoms with Crippen molar-refractivity contribution in [2.24, 2.45) is 17.3 Å². The maximum atomic E-state index is 6.23. The Kier molecular flexibility index (Phi) is 6.17. The molecule has 0 bridgehead atoms. The molecule has 1 heteroatoms. The standard InChI is InChI=1S/C17H34O/c1-7-13(2)15-8-10-16(11-9-15)18-14(3)12-17(4,5)6/h13-16H,7-12H2,1-6H3. The van der Waals surface area contributed by atoms with Crippen LogP contribution in [0.1, 0.15) is 80.1 Å². The van der Waals surface area contributed by atoms with Gasteiger partial charge in [0, 0.05) is 0 Å². The highest BCUT2D eigenvalue weighted by molar-refractivity contribution is 4.77. The molecule has 2 unspecified atom stereocenters. The maximum Gasteiger partial charge on any atom is 0.0579 e. The Hall–Kier alpha value is -0.0400. The van der Waals surface area contributed by atoms with E-state index in [9.17, 15) is 0 Å². The molecule has 0 aliphatic heterocycles. The van der Waals surface area contributed by atoms with E-state index in [1.54, 1.807) is 0 Å². The lowest BCUT2D eigenvalue weighted by Gasteiger charge is -2.34. The minimum Gasteiger partial charge on any atom is -0.375 e. The smallest absolute Gasteiger partial charge is 0.0579 e. The fourth-order valence-electron chi connectivity index (χ4n) is 3.37. The summed E-state index contributed by atoms with van der Waals surface area (Å²) >= 11 is 0. The lowest BCUT2D eigenvalue weighted by Crippen LogP contribution is -2.29. The first-order valence-electron chi connectivity index (χ1n) is 7.97. The second-order valence-electron chi connectivity index (χ2n) is 7.63. The van der Waals surface area contributed by atoms with Gasteiger partial charge in [-0.25, -0.2) is 0 Å². The average molecular weight is 254 g/mol. The van der Waals surface area contributed by atoms with Crippen LogP contribution in [0.15, 0.2) is 0 Å². The van der Waals surface area contributed by atoms with Crippen molar-refractivity contribution in [1.29, 1.82) is 0 Å². The van der Waals surface area contributed by atoms with Crippen LogP contribution in [-0.4, -0.2) is 12.2 Å². The van der Waals surface area contributed by atoms with E-state index < -0.39 is 0 Å². The van der Waals surface area contributed by atoms with Crippen molar-refractivity contribution < 1.29 is 4.74 Å². The van der Waals surface area contributed by atoms with Gasteiger partial charge in [0.2, 0.25) is 0 Å². The highest BCUT2D eigenvalue weighted by Gasteiger charge is 2.26. The molecule has 108 valence electrons. The maximum absolute atomic E-state index is 6.23. The van der Waals surface area contributed by atoms with Crippen molar-refractivity contribution in [2.45, 2.75) is 92.3 Å². The van der Waals surface area contributed by atoms with Gasteiger partial charge in [-0.1, -0.05) is 41.0 Å². The Morgan fingerprint density at radius 2 is 1.61 bits per heavy atom. The highest BCUT2D eigenvalue weighted by Crippen LogP contribution is 2.34. The molecule has 0 amide bonds. The molecular weight excluding hydrogens is 220 g/mol. The number of rotatable bonds is 5. The fraction of sp³-hybridized carbons (Fsp3) is 1.00. The summed E-state index contributed by atoms with van der Waals surface area (Å²) in [5.74, 6) is 1.85. The topological polar surface area (TPSA) is 9.23 Å². The number of hydrogen-bond acceptors (Lipinski definition) is 1. The van der Waals surface area contributed by atoms with Crippen LogP contribution in [-0.2, 0) is 4.74 Å². The largest absolute Gasteiger partial charge is 0.375 e. The Bertz CT molecular complexity index is 220. The zero-order valence-corrected chi connectivity index (χ0v) is 13.5. The van der Waals surface area contributed by atoms with Gasteiger partial charge in [0.1, 0.15) is 0 Å². The molecule has 0 aromatic rings. The Labute approximate surface area is 115 Å². The van der Waals surface area contributed by atoms with Crippen LogP contribution in [0.4, 0.5) is 0 Å². The van der Waals surface area contributed by atoms with E-state index in [0.717, 1.165) is 18.3 Å². The van der Waals surface area contributed by atoms with Crippen LogP contribution < -0.4 is 0 Å². The summed E-state index contributed by atoms with van der Waals surface area (Å²) in [5, 5.41) is 0. The Balaban J connectivity index is 2.27. The molecule has 1 saturated carbocycles. The molecule has 1 aliphatic carbocycles. The molecule has 0 aromatic heterocycles. The van der Waals surface area contributed by atoms with Crippen LogP contribution >= 0.6 is 0 Å². The second-order valence-corrected chi connectivity index (χ2v) is 7.63. The predicted octanol–water partition coefficient (Wildman–Crippen LogP) is 5.43. The van der Waals surface area contributed by atoms with Gasteiger partial charge in [-0.15, -0.1) is 0 Å². The summed E-state index contributed by atoms with van der Waals surface area (Å²) < 4.78 is 6.23. The molecule has 0 saturated heterocycles. The molecule has 0 N–H and O–H groups in total. The third kappa shape index (κ3) is 5.73. The molecule has 2 atom stereocenters. The van der Waals surface area contributed by atoms with Crippen LogP contribution in [0, 0.1) is 17.3 Å². The van der Waals surface area contributed by atoms with Gasteiger partial charge in [0.25, 0.3) is 0 Å². The quantitative estimate of drug-likeness (QED) is 0.635. The van der Waals surface area contributed by atoms with E-state index in [-0.39, 0.29) is 0 Å². The van der Waals surface area contributed by atoms with Crippen molar-refractivity contribution in [3.63, 3.8) is 0 Å². The fourth-order valence-corrected chi connectivity index (χ4v) is 3.37. The summed E-state index contributed by atoms with van der Waals surface area (Å²) in [6.07, 6.45) is 8.75. The average Bonchev–Trinajstić information content (AvgIpc) is 2.26. The van der Waals surface area contributed by atoms with Crippen LogP contribution in [0.5, 0.6) is 0 Å². The van der Waals surface area contributed by atoms with Crippen LogP contribution in [0.2, 0.25) is 0 Å². The van der Waals surface area contributed by atoms with E-state index in [1.807, 2.05) is 0 Å². The number of hydrogen-bond donors (Lipinski definition) is 0. The van der Waals surface area contributed by atoms with E-state index >= 15 is 0 Å². The van der Waals surface area contributed by atoms with E-state index in [1.165, 1.54) is 32.1 Å². The number of ether oxygens (including phenoxy) is 1. The summed E-state index contributed by atoms with van der Waals surface area (Å²) in [4.78, 5) is 0. The van der Waals surface area contributed by atoms with Gasteiger partial charge < -0.3 is 4.74 Å². The minimum absolute atomic E-state index is 0.382. The lowest BCUT2D eigenvalue weighted by atomic mass is 9.78. The summed E-state index contributed by atoms with van der Waals surface area (Å²) in [6, 6.07) is 0.